The molecule has 1 saturated carbocycles. The van der Waals surface area contributed by atoms with E-state index in [4.69, 9.17) is 16.3 Å². The third-order valence-corrected chi connectivity index (χ3v) is 4.84. The summed E-state index contributed by atoms with van der Waals surface area (Å²) in [5.41, 5.74) is 2.03. The fourth-order valence-electron chi connectivity index (χ4n) is 2.89. The largest absolute Gasteiger partial charge is 0.495 e. The summed E-state index contributed by atoms with van der Waals surface area (Å²) in [7, 11) is 1.60. The van der Waals surface area contributed by atoms with Crippen LogP contribution in [0.2, 0.25) is 5.02 Å². The highest BCUT2D eigenvalue weighted by Gasteiger charge is 2.44. The molecule has 0 bridgehead atoms. The number of hydrogen-bond donors (Lipinski definition) is 1. The van der Waals surface area contributed by atoms with Crippen molar-refractivity contribution in [1.82, 2.24) is 0 Å². The van der Waals surface area contributed by atoms with Crippen LogP contribution in [0.3, 0.4) is 0 Å². The van der Waals surface area contributed by atoms with Crippen LogP contribution >= 0.6 is 27.5 Å². The van der Waals surface area contributed by atoms with E-state index >= 15 is 0 Å². The Hall–Kier alpha value is -1.03. The highest BCUT2D eigenvalue weighted by molar-refractivity contribution is 9.10. The van der Waals surface area contributed by atoms with Gasteiger partial charge in [-0.1, -0.05) is 41.9 Å². The second-order valence-electron chi connectivity index (χ2n) is 5.37. The zero-order chi connectivity index (χ0) is 15.0. The minimum absolute atomic E-state index is 0.215. The maximum Gasteiger partial charge on any atom is 0.138 e. The molecule has 0 amide bonds. The van der Waals surface area contributed by atoms with Gasteiger partial charge in [0.25, 0.3) is 0 Å². The summed E-state index contributed by atoms with van der Waals surface area (Å²) in [6, 6.07) is 13.9. The van der Waals surface area contributed by atoms with Crippen LogP contribution in [0.4, 0.5) is 0 Å². The molecule has 0 spiro atoms. The predicted molar refractivity (Wildman–Crippen MR) is 88.0 cm³/mol. The van der Waals surface area contributed by atoms with Crippen molar-refractivity contribution >= 4 is 27.5 Å². The van der Waals surface area contributed by atoms with Crippen LogP contribution in [0, 0.1) is 5.92 Å². The molecule has 0 aromatic heterocycles. The van der Waals surface area contributed by atoms with Crippen LogP contribution in [0.1, 0.15) is 29.6 Å². The molecule has 1 aliphatic rings. The van der Waals surface area contributed by atoms with Crippen LogP contribution in [0.5, 0.6) is 5.75 Å². The van der Waals surface area contributed by atoms with Gasteiger partial charge in [0.2, 0.25) is 0 Å². The molecule has 3 unspecified atom stereocenters. The monoisotopic (exact) mass is 366 g/mol. The smallest absolute Gasteiger partial charge is 0.138 e. The summed E-state index contributed by atoms with van der Waals surface area (Å²) in [4.78, 5) is 0. The molecule has 3 atom stereocenters. The molecule has 21 heavy (non-hydrogen) atoms. The number of hydrogen-bond acceptors (Lipinski definition) is 2. The molecule has 2 aromatic carbocycles. The normalized spacial score (nSPS) is 21.9. The molecule has 2 nitrogen and oxygen atoms in total. The van der Waals surface area contributed by atoms with Crippen molar-refractivity contribution in [1.29, 1.82) is 0 Å². The van der Waals surface area contributed by atoms with Crippen LogP contribution in [-0.2, 0) is 0 Å². The van der Waals surface area contributed by atoms with Crippen molar-refractivity contribution < 1.29 is 9.84 Å². The van der Waals surface area contributed by atoms with Crippen molar-refractivity contribution in [2.75, 3.05) is 7.11 Å². The Morgan fingerprint density at radius 2 is 2.00 bits per heavy atom. The summed E-state index contributed by atoms with van der Waals surface area (Å²) in [5, 5.41) is 11.3. The first-order valence-corrected chi connectivity index (χ1v) is 8.05. The Bertz CT molecular complexity index is 645. The Kier molecular flexibility index (Phi) is 4.25. The maximum atomic E-state index is 10.7. The van der Waals surface area contributed by atoms with E-state index in [1.165, 1.54) is 5.56 Å². The van der Waals surface area contributed by atoms with Gasteiger partial charge in [-0.15, -0.1) is 0 Å². The second-order valence-corrected chi connectivity index (χ2v) is 6.66. The first kappa shape index (κ1) is 14.9. The third-order valence-electron chi connectivity index (χ3n) is 4.03. The Balaban J connectivity index is 1.86. The van der Waals surface area contributed by atoms with E-state index in [1.807, 2.05) is 18.2 Å². The summed E-state index contributed by atoms with van der Waals surface area (Å²) in [6.45, 7) is 0. The highest BCUT2D eigenvalue weighted by Crippen LogP contribution is 2.55. The molecule has 1 N–H and O–H groups in total. The van der Waals surface area contributed by atoms with E-state index in [2.05, 4.69) is 28.1 Å². The predicted octanol–water partition coefficient (Wildman–Crippen LogP) is 4.95. The van der Waals surface area contributed by atoms with E-state index < -0.39 is 6.10 Å². The van der Waals surface area contributed by atoms with Gasteiger partial charge in [0.15, 0.2) is 0 Å². The Morgan fingerprint density at radius 3 is 2.67 bits per heavy atom. The number of rotatable bonds is 4. The molecule has 4 heteroatoms. The van der Waals surface area contributed by atoms with E-state index in [9.17, 15) is 5.11 Å². The van der Waals surface area contributed by atoms with Crippen molar-refractivity contribution in [3.05, 3.63) is 63.1 Å². The van der Waals surface area contributed by atoms with E-state index in [0.29, 0.717) is 16.7 Å². The van der Waals surface area contributed by atoms with Gasteiger partial charge in [-0.05, 0) is 51.9 Å². The number of aliphatic hydroxyl groups is 1. The molecular weight excluding hydrogens is 352 g/mol. The van der Waals surface area contributed by atoms with Crippen molar-refractivity contribution in [2.45, 2.75) is 18.4 Å². The lowest BCUT2D eigenvalue weighted by molar-refractivity contribution is 0.147. The lowest BCUT2D eigenvalue weighted by Crippen LogP contribution is -2.04. The molecule has 0 radical (unpaired) electrons. The summed E-state index contributed by atoms with van der Waals surface area (Å²) < 4.78 is 6.17. The Morgan fingerprint density at radius 1 is 1.29 bits per heavy atom. The molecule has 0 aliphatic heterocycles. The Labute approximate surface area is 137 Å². The fourth-order valence-corrected chi connectivity index (χ4v) is 3.89. The summed E-state index contributed by atoms with van der Waals surface area (Å²) >= 11 is 9.54. The molecule has 0 saturated heterocycles. The number of aliphatic hydroxyl groups excluding tert-OH is 1. The van der Waals surface area contributed by atoms with Crippen LogP contribution < -0.4 is 4.74 Å². The number of halogens is 2. The number of benzene rings is 2. The van der Waals surface area contributed by atoms with E-state index in [1.54, 1.807) is 19.2 Å². The highest BCUT2D eigenvalue weighted by atomic mass is 79.9. The number of methoxy groups -OCH3 is 1. The van der Waals surface area contributed by atoms with Crippen LogP contribution in [0.25, 0.3) is 0 Å². The average molecular weight is 368 g/mol. The summed E-state index contributed by atoms with van der Waals surface area (Å²) in [6.07, 6.45) is 0.415. The maximum absolute atomic E-state index is 10.7. The lowest BCUT2D eigenvalue weighted by Gasteiger charge is -2.17. The van der Waals surface area contributed by atoms with Gasteiger partial charge >= 0.3 is 0 Å². The summed E-state index contributed by atoms with van der Waals surface area (Å²) in [5.74, 6) is 1.28. The van der Waals surface area contributed by atoms with Crippen molar-refractivity contribution in [2.24, 2.45) is 5.92 Å². The van der Waals surface area contributed by atoms with Crippen LogP contribution in [0.15, 0.2) is 46.9 Å². The average Bonchev–Trinajstić information content (AvgIpc) is 3.27. The van der Waals surface area contributed by atoms with Crippen molar-refractivity contribution in [3.8, 4) is 5.75 Å². The topological polar surface area (TPSA) is 29.5 Å². The van der Waals surface area contributed by atoms with Gasteiger partial charge in [0, 0.05) is 10.6 Å². The van der Waals surface area contributed by atoms with E-state index in [0.717, 1.165) is 16.5 Å². The lowest BCUT2D eigenvalue weighted by atomic mass is 10.0. The van der Waals surface area contributed by atoms with Gasteiger partial charge in [-0.2, -0.15) is 0 Å². The second kappa shape index (κ2) is 5.99. The third kappa shape index (κ3) is 2.96. The standard InChI is InChI=1S/C17H16BrClO2/c1-21-17-14(7-11(19)8-15(17)18)16(20)13-9-12(13)10-5-3-2-4-6-10/h2-8,12-13,16,20H,9H2,1H3. The first-order chi connectivity index (χ1) is 10.1. The molecule has 110 valence electrons. The minimum Gasteiger partial charge on any atom is -0.495 e. The van der Waals surface area contributed by atoms with Gasteiger partial charge < -0.3 is 9.84 Å². The van der Waals surface area contributed by atoms with Crippen molar-refractivity contribution in [3.63, 3.8) is 0 Å². The molecule has 1 aliphatic carbocycles. The van der Waals surface area contributed by atoms with Gasteiger partial charge in [-0.3, -0.25) is 0 Å². The molecule has 0 heterocycles. The number of ether oxygens (including phenoxy) is 1. The van der Waals surface area contributed by atoms with Gasteiger partial charge in [0.05, 0.1) is 17.7 Å². The fraction of sp³-hybridized carbons (Fsp3) is 0.294. The zero-order valence-electron chi connectivity index (χ0n) is 11.6. The van der Waals surface area contributed by atoms with Crippen LogP contribution in [-0.4, -0.2) is 12.2 Å². The first-order valence-electron chi connectivity index (χ1n) is 6.87. The molecule has 3 rings (SSSR count). The van der Waals surface area contributed by atoms with Gasteiger partial charge in [-0.25, -0.2) is 0 Å². The quantitative estimate of drug-likeness (QED) is 0.828. The SMILES string of the molecule is COc1c(Br)cc(Cl)cc1C(O)C1CC1c1ccccc1. The van der Waals surface area contributed by atoms with E-state index in [-0.39, 0.29) is 5.92 Å². The molecule has 2 aromatic rings. The molecular formula is C17H16BrClO2. The minimum atomic E-state index is -0.569. The zero-order valence-corrected chi connectivity index (χ0v) is 13.9. The molecule has 1 fully saturated rings. The van der Waals surface area contributed by atoms with Gasteiger partial charge in [0.1, 0.15) is 5.75 Å².